The van der Waals surface area contributed by atoms with E-state index in [9.17, 15) is 0 Å². The van der Waals surface area contributed by atoms with Gasteiger partial charge in [0.2, 0.25) is 0 Å². The Bertz CT molecular complexity index is 323. The molecule has 0 saturated carbocycles. The largest absolute Gasteiger partial charge is 0.385 e. The molecule has 0 aliphatic heterocycles. The molecule has 3 heteroatoms. The first-order chi connectivity index (χ1) is 7.53. The molecule has 0 amide bonds. The second kappa shape index (κ2) is 5.85. The van der Waals surface area contributed by atoms with Crippen LogP contribution in [0.15, 0.2) is 18.3 Å². The predicted molar refractivity (Wildman–Crippen MR) is 67.7 cm³/mol. The van der Waals surface area contributed by atoms with Crippen molar-refractivity contribution in [3.63, 3.8) is 0 Å². The lowest BCUT2D eigenvalue weighted by molar-refractivity contribution is 0.157. The third kappa shape index (κ3) is 4.62. The van der Waals surface area contributed by atoms with Crippen molar-refractivity contribution >= 4 is 5.82 Å². The first-order valence-electron chi connectivity index (χ1n) is 5.69. The molecule has 0 unspecified atom stereocenters. The normalized spacial score (nSPS) is 11.5. The van der Waals surface area contributed by atoms with E-state index in [1.807, 2.05) is 12.3 Å². The fourth-order valence-corrected chi connectivity index (χ4v) is 1.43. The Morgan fingerprint density at radius 3 is 2.81 bits per heavy atom. The second-order valence-electron chi connectivity index (χ2n) is 4.98. The van der Waals surface area contributed by atoms with Gasteiger partial charge in [-0.25, -0.2) is 4.98 Å². The molecule has 0 atom stereocenters. The van der Waals surface area contributed by atoms with Crippen LogP contribution in [0.3, 0.4) is 0 Å². The first kappa shape index (κ1) is 13.0. The van der Waals surface area contributed by atoms with Crippen molar-refractivity contribution in [3.05, 3.63) is 23.9 Å². The predicted octanol–water partition coefficient (Wildman–Crippen LogP) is 2.86. The highest BCUT2D eigenvalue weighted by Gasteiger charge is 2.17. The topological polar surface area (TPSA) is 34.1 Å². The minimum absolute atomic E-state index is 0.224. The molecule has 90 valence electrons. The maximum atomic E-state index is 5.11. The van der Waals surface area contributed by atoms with Crippen LogP contribution >= 0.6 is 0 Å². The molecular weight excluding hydrogens is 200 g/mol. The summed E-state index contributed by atoms with van der Waals surface area (Å²) in [6, 6.07) is 4.06. The molecule has 1 aromatic rings. The van der Waals surface area contributed by atoms with Crippen LogP contribution in [0.1, 0.15) is 25.8 Å². The zero-order valence-corrected chi connectivity index (χ0v) is 10.7. The molecule has 0 fully saturated rings. The van der Waals surface area contributed by atoms with Crippen LogP contribution in [0.4, 0.5) is 5.82 Å². The lowest BCUT2D eigenvalue weighted by Gasteiger charge is -2.24. The fraction of sp³-hybridized carbons (Fsp3) is 0.615. The maximum Gasteiger partial charge on any atom is 0.126 e. The van der Waals surface area contributed by atoms with Gasteiger partial charge in [-0.1, -0.05) is 13.8 Å². The van der Waals surface area contributed by atoms with Gasteiger partial charge >= 0.3 is 0 Å². The molecule has 1 N–H and O–H groups in total. The Morgan fingerprint density at radius 1 is 1.44 bits per heavy atom. The summed E-state index contributed by atoms with van der Waals surface area (Å²) in [6.45, 7) is 8.25. The van der Waals surface area contributed by atoms with Crippen molar-refractivity contribution < 1.29 is 4.74 Å². The average Bonchev–Trinajstić information content (AvgIpc) is 2.24. The van der Waals surface area contributed by atoms with E-state index < -0.39 is 0 Å². The van der Waals surface area contributed by atoms with Crippen LogP contribution in [-0.4, -0.2) is 25.2 Å². The molecule has 16 heavy (non-hydrogen) atoms. The molecule has 0 radical (unpaired) electrons. The Morgan fingerprint density at radius 2 is 2.19 bits per heavy atom. The molecule has 0 aliphatic carbocycles. The van der Waals surface area contributed by atoms with Gasteiger partial charge in [-0.15, -0.1) is 0 Å². The Hall–Kier alpha value is -1.09. The number of nitrogens with one attached hydrogen (secondary N) is 1. The molecular formula is C13H22N2O. The lowest BCUT2D eigenvalue weighted by Crippen LogP contribution is -2.25. The lowest BCUT2D eigenvalue weighted by atomic mass is 9.90. The van der Waals surface area contributed by atoms with E-state index in [0.717, 1.165) is 25.4 Å². The van der Waals surface area contributed by atoms with Gasteiger partial charge in [-0.05, 0) is 36.5 Å². The van der Waals surface area contributed by atoms with Gasteiger partial charge in [0.25, 0.3) is 0 Å². The number of ether oxygens (including phenoxy) is 1. The molecule has 3 nitrogen and oxygen atoms in total. The summed E-state index contributed by atoms with van der Waals surface area (Å²) >= 11 is 0. The van der Waals surface area contributed by atoms with E-state index in [4.69, 9.17) is 4.74 Å². The van der Waals surface area contributed by atoms with Gasteiger partial charge in [0, 0.05) is 26.5 Å². The average molecular weight is 222 g/mol. The number of methoxy groups -OCH3 is 1. The quantitative estimate of drug-likeness (QED) is 0.803. The van der Waals surface area contributed by atoms with E-state index >= 15 is 0 Å². The number of hydrogen-bond acceptors (Lipinski definition) is 3. The summed E-state index contributed by atoms with van der Waals surface area (Å²) in [5.41, 5.74) is 1.45. The van der Waals surface area contributed by atoms with Crippen LogP contribution in [-0.2, 0) is 4.74 Å². The monoisotopic (exact) mass is 222 g/mol. The molecule has 1 aromatic heterocycles. The van der Waals surface area contributed by atoms with Crippen LogP contribution in [0, 0.1) is 12.3 Å². The summed E-state index contributed by atoms with van der Waals surface area (Å²) in [7, 11) is 1.74. The number of rotatable bonds is 6. The summed E-state index contributed by atoms with van der Waals surface area (Å²) in [4.78, 5) is 4.28. The number of pyridine rings is 1. The maximum absolute atomic E-state index is 5.11. The molecule has 0 bridgehead atoms. The molecule has 1 heterocycles. The number of aromatic nitrogens is 1. The second-order valence-corrected chi connectivity index (χ2v) is 4.98. The number of aryl methyl sites for hydroxylation is 1. The highest BCUT2D eigenvalue weighted by atomic mass is 16.5. The molecule has 0 aliphatic rings. The Balaban J connectivity index is 2.44. The van der Waals surface area contributed by atoms with E-state index in [-0.39, 0.29) is 5.41 Å². The van der Waals surface area contributed by atoms with Gasteiger partial charge in [0.05, 0.1) is 0 Å². The van der Waals surface area contributed by atoms with Crippen molar-refractivity contribution in [3.8, 4) is 0 Å². The van der Waals surface area contributed by atoms with Gasteiger partial charge in [0.1, 0.15) is 5.82 Å². The Labute approximate surface area is 98.2 Å². The summed E-state index contributed by atoms with van der Waals surface area (Å²) in [5.74, 6) is 0.950. The van der Waals surface area contributed by atoms with Crippen molar-refractivity contribution in [2.24, 2.45) is 5.41 Å². The van der Waals surface area contributed by atoms with Crippen LogP contribution in [0.25, 0.3) is 0 Å². The van der Waals surface area contributed by atoms with Crippen LogP contribution in [0.5, 0.6) is 0 Å². The number of nitrogens with zero attached hydrogens (tertiary/aromatic N) is 1. The van der Waals surface area contributed by atoms with Crippen molar-refractivity contribution in [1.82, 2.24) is 4.98 Å². The molecule has 1 rings (SSSR count). The minimum Gasteiger partial charge on any atom is -0.385 e. The highest BCUT2D eigenvalue weighted by Crippen LogP contribution is 2.20. The Kier molecular flexibility index (Phi) is 4.74. The van der Waals surface area contributed by atoms with Crippen molar-refractivity contribution in [2.75, 3.05) is 25.6 Å². The van der Waals surface area contributed by atoms with Crippen molar-refractivity contribution in [1.29, 1.82) is 0 Å². The van der Waals surface area contributed by atoms with E-state index in [0.29, 0.717) is 0 Å². The molecule has 0 aromatic carbocycles. The zero-order chi connectivity index (χ0) is 12.0. The molecule has 0 spiro atoms. The fourth-order valence-electron chi connectivity index (χ4n) is 1.43. The van der Waals surface area contributed by atoms with Crippen molar-refractivity contribution in [2.45, 2.75) is 27.2 Å². The van der Waals surface area contributed by atoms with Crippen LogP contribution in [0.2, 0.25) is 0 Å². The summed E-state index contributed by atoms with van der Waals surface area (Å²) in [6.07, 6.45) is 2.88. The van der Waals surface area contributed by atoms with Crippen LogP contribution < -0.4 is 5.32 Å². The summed E-state index contributed by atoms with van der Waals surface area (Å²) < 4.78 is 5.11. The van der Waals surface area contributed by atoms with Gasteiger partial charge in [-0.2, -0.15) is 0 Å². The first-order valence-corrected chi connectivity index (χ1v) is 5.69. The van der Waals surface area contributed by atoms with Gasteiger partial charge in [-0.3, -0.25) is 0 Å². The smallest absolute Gasteiger partial charge is 0.126 e. The van der Waals surface area contributed by atoms with E-state index in [1.54, 1.807) is 7.11 Å². The summed E-state index contributed by atoms with van der Waals surface area (Å²) in [5, 5.41) is 3.37. The third-order valence-corrected chi connectivity index (χ3v) is 2.65. The van der Waals surface area contributed by atoms with E-state index in [2.05, 4.69) is 37.1 Å². The number of anilines is 1. The van der Waals surface area contributed by atoms with E-state index in [1.165, 1.54) is 5.56 Å². The molecule has 0 saturated heterocycles. The standard InChI is InChI=1S/C13H22N2O/c1-11-5-7-14-12(9-11)15-10-13(2,3)6-8-16-4/h5,7,9H,6,8,10H2,1-4H3,(H,14,15). The zero-order valence-electron chi connectivity index (χ0n) is 10.7. The third-order valence-electron chi connectivity index (χ3n) is 2.65. The van der Waals surface area contributed by atoms with Gasteiger partial charge < -0.3 is 10.1 Å². The number of hydrogen-bond donors (Lipinski definition) is 1. The SMILES string of the molecule is COCCC(C)(C)CNc1cc(C)ccn1. The van der Waals surface area contributed by atoms with Gasteiger partial charge in [0.15, 0.2) is 0 Å². The minimum atomic E-state index is 0.224. The highest BCUT2D eigenvalue weighted by molar-refractivity contribution is 5.37.